The highest BCUT2D eigenvalue weighted by Crippen LogP contribution is 2.79. The van der Waals surface area contributed by atoms with E-state index in [-0.39, 0.29) is 24.3 Å². The Morgan fingerprint density at radius 3 is 2.31 bits per heavy atom. The maximum atomic E-state index is 13.8. The second kappa shape index (κ2) is 10.6. The smallest absolute Gasteiger partial charge is 0.338 e. The number of aliphatic hydroxyl groups is 3. The third-order valence-corrected chi connectivity index (χ3v) is 13.3. The van der Waals surface area contributed by atoms with Crippen LogP contribution in [-0.4, -0.2) is 135 Å². The molecule has 6 fully saturated rings. The normalized spacial score (nSPS) is 50.8. The van der Waals surface area contributed by atoms with Crippen molar-refractivity contribution < 1.29 is 48.5 Å². The molecule has 1 aromatic rings. The molecular weight excluding hydrogens is 584 g/mol. The molecule has 7 bridgehead atoms. The third kappa shape index (κ3) is 3.56. The molecule has 5 N–H and O–H groups in total. The number of piperidine rings is 1. The van der Waals surface area contributed by atoms with Crippen LogP contribution in [0.3, 0.4) is 0 Å². The van der Waals surface area contributed by atoms with Gasteiger partial charge in [0.25, 0.3) is 0 Å². The summed E-state index contributed by atoms with van der Waals surface area (Å²) in [6.07, 6.45) is -4.61. The molecule has 15 atom stereocenters. The van der Waals surface area contributed by atoms with E-state index in [1.54, 1.807) is 52.7 Å². The Bertz CT molecular complexity index is 1320. The number of ether oxygens (including phenoxy) is 6. The van der Waals surface area contributed by atoms with Crippen LogP contribution in [0.4, 0.5) is 0 Å². The lowest BCUT2D eigenvalue weighted by molar-refractivity contribution is -0.288. The fourth-order valence-electron chi connectivity index (χ4n) is 12.2. The van der Waals surface area contributed by atoms with E-state index in [0.717, 1.165) is 0 Å². The van der Waals surface area contributed by atoms with Crippen molar-refractivity contribution in [2.24, 2.45) is 40.2 Å². The molecule has 6 aliphatic rings. The summed E-state index contributed by atoms with van der Waals surface area (Å²) in [7, 11) is 7.98. The maximum Gasteiger partial charge on any atom is 0.338 e. The second-order valence-corrected chi connectivity index (χ2v) is 14.3. The molecule has 1 unspecified atom stereocenters. The van der Waals surface area contributed by atoms with Crippen molar-refractivity contribution >= 4 is 5.97 Å². The molecule has 0 amide bonds. The first-order chi connectivity index (χ1) is 21.5. The molecule has 12 heteroatoms. The summed E-state index contributed by atoms with van der Waals surface area (Å²) in [5.74, 6) is -1.77. The van der Waals surface area contributed by atoms with Gasteiger partial charge < -0.3 is 49.5 Å². The van der Waals surface area contributed by atoms with Crippen LogP contribution in [0.2, 0.25) is 0 Å². The van der Waals surface area contributed by atoms with Crippen LogP contribution in [0.25, 0.3) is 0 Å². The van der Waals surface area contributed by atoms with Gasteiger partial charge in [-0.05, 0) is 43.1 Å². The van der Waals surface area contributed by atoms with Gasteiger partial charge in [-0.15, -0.1) is 0 Å². The van der Waals surface area contributed by atoms with Gasteiger partial charge in [0.15, 0.2) is 0 Å². The molecule has 0 aromatic heterocycles. The minimum absolute atomic E-state index is 0.166. The molecule has 0 radical (unpaired) electrons. The zero-order chi connectivity index (χ0) is 32.3. The van der Waals surface area contributed by atoms with Crippen molar-refractivity contribution in [3.05, 3.63) is 29.8 Å². The first kappa shape index (κ1) is 31.7. The van der Waals surface area contributed by atoms with Gasteiger partial charge in [-0.2, -0.15) is 0 Å². The van der Waals surface area contributed by atoms with E-state index < -0.39 is 76.4 Å². The number of carbonyl (C=O) groups is 1. The number of benzene rings is 1. The first-order valence-corrected chi connectivity index (χ1v) is 16.0. The molecule has 1 heterocycles. The SMILES string of the molecule is CCN1C[C@]2(COC)C(O)C[C@H](OC)[C@@]34[C@@H]5C[C@]6(O)[C@H](OC(=O)c7ccc(OC)cc7)[C@@H]5[C@@](N)([C@@H]([C@H](OC)[C@H]23)[C@@H]14)[C@H](O)[C@@H]6OC. The number of hydrogen-bond acceptors (Lipinski definition) is 12. The van der Waals surface area contributed by atoms with E-state index >= 15 is 0 Å². The van der Waals surface area contributed by atoms with E-state index in [1.165, 1.54) is 7.11 Å². The standard InChI is InChI=1S/C33H48N2O10/c1-7-35-14-30(15-40-2)19(36)12-20(42-4)32-18-13-31(39)27(45-29(38)16-8-10-17(41-3)11-9-16)21(18)33(34,26(37)28(31)44-6)22(25(32)35)23(43-5)24(30)32/h8-11,18-28,36-37,39H,7,12-15,34H2,1-6H3/t18-,19?,20+,21-,22+,23+,24-,25-,26-,27-,28+,30+,31+,32+,33-/m1/s1. The van der Waals surface area contributed by atoms with E-state index in [0.29, 0.717) is 37.4 Å². The third-order valence-electron chi connectivity index (χ3n) is 13.3. The number of fused-ring (bicyclic) bond motifs is 2. The average molecular weight is 633 g/mol. The molecular formula is C33H48N2O10. The van der Waals surface area contributed by atoms with E-state index in [2.05, 4.69) is 11.8 Å². The van der Waals surface area contributed by atoms with E-state index in [4.69, 9.17) is 34.2 Å². The van der Waals surface area contributed by atoms with Crippen LogP contribution in [0.1, 0.15) is 30.1 Å². The monoisotopic (exact) mass is 632 g/mol. The lowest BCUT2D eigenvalue weighted by atomic mass is 9.42. The van der Waals surface area contributed by atoms with E-state index in [1.807, 2.05) is 0 Å². The number of aliphatic hydroxyl groups excluding tert-OH is 2. The number of methoxy groups -OCH3 is 5. The van der Waals surface area contributed by atoms with Gasteiger partial charge in [0.05, 0.1) is 43.1 Å². The topological polar surface area (TPSA) is 162 Å². The van der Waals surface area contributed by atoms with E-state index in [9.17, 15) is 20.1 Å². The van der Waals surface area contributed by atoms with Crippen molar-refractivity contribution in [3.8, 4) is 5.75 Å². The number of nitrogens with two attached hydrogens (primary N) is 1. The summed E-state index contributed by atoms with van der Waals surface area (Å²) < 4.78 is 36.1. The predicted octanol–water partition coefficient (Wildman–Crippen LogP) is 0.0523. The predicted molar refractivity (Wildman–Crippen MR) is 159 cm³/mol. The van der Waals surface area contributed by atoms with Crippen LogP contribution < -0.4 is 10.5 Å². The zero-order valence-corrected chi connectivity index (χ0v) is 26.9. The number of nitrogens with zero attached hydrogens (tertiary/aromatic N) is 1. The number of likely N-dealkylation sites (tertiary alicyclic amines) is 1. The molecule has 1 saturated heterocycles. The van der Waals surface area contributed by atoms with Crippen molar-refractivity contribution in [1.29, 1.82) is 0 Å². The molecule has 5 saturated carbocycles. The highest BCUT2D eigenvalue weighted by Gasteiger charge is 2.90. The fourth-order valence-corrected chi connectivity index (χ4v) is 12.2. The summed E-state index contributed by atoms with van der Waals surface area (Å²) in [6, 6.07) is 6.39. The van der Waals surface area contributed by atoms with Gasteiger partial charge >= 0.3 is 5.97 Å². The minimum Gasteiger partial charge on any atom is -0.497 e. The molecule has 5 aliphatic carbocycles. The molecule has 1 aromatic carbocycles. The summed E-state index contributed by atoms with van der Waals surface area (Å²) in [6.45, 7) is 3.62. The van der Waals surface area contributed by atoms with Crippen LogP contribution in [0, 0.1) is 34.5 Å². The Morgan fingerprint density at radius 2 is 1.73 bits per heavy atom. The molecule has 12 nitrogen and oxygen atoms in total. The molecule has 7 rings (SSSR count). The Morgan fingerprint density at radius 1 is 1.02 bits per heavy atom. The van der Waals surface area contributed by atoms with Crippen LogP contribution in [0.15, 0.2) is 24.3 Å². The van der Waals surface area contributed by atoms with Gasteiger partial charge in [-0.3, -0.25) is 4.90 Å². The van der Waals surface area contributed by atoms with Crippen LogP contribution in [-0.2, 0) is 23.7 Å². The Hall–Kier alpha value is -1.87. The molecule has 45 heavy (non-hydrogen) atoms. The summed E-state index contributed by atoms with van der Waals surface area (Å²) in [5, 5.41) is 36.9. The van der Waals surface area contributed by atoms with Gasteiger partial charge in [0.2, 0.25) is 0 Å². The van der Waals surface area contributed by atoms with Crippen LogP contribution in [0.5, 0.6) is 5.75 Å². The highest BCUT2D eigenvalue weighted by atomic mass is 16.6. The number of hydrogen-bond donors (Lipinski definition) is 4. The molecule has 1 aliphatic heterocycles. The number of esters is 1. The lowest BCUT2D eigenvalue weighted by Gasteiger charge is -2.70. The number of rotatable bonds is 9. The summed E-state index contributed by atoms with van der Waals surface area (Å²) in [4.78, 5) is 16.1. The zero-order valence-electron chi connectivity index (χ0n) is 26.9. The maximum absolute atomic E-state index is 13.8. The van der Waals surface area contributed by atoms with Crippen molar-refractivity contribution in [2.75, 3.05) is 55.2 Å². The van der Waals surface area contributed by atoms with Gasteiger partial charge in [-0.1, -0.05) is 6.92 Å². The van der Waals surface area contributed by atoms with Crippen molar-refractivity contribution in [1.82, 2.24) is 4.90 Å². The van der Waals surface area contributed by atoms with Crippen molar-refractivity contribution in [2.45, 2.75) is 73.6 Å². The van der Waals surface area contributed by atoms with Gasteiger partial charge in [0.1, 0.15) is 29.7 Å². The number of carbonyl (C=O) groups excluding carboxylic acids is 1. The van der Waals surface area contributed by atoms with Crippen LogP contribution >= 0.6 is 0 Å². The first-order valence-electron chi connectivity index (χ1n) is 16.0. The lowest BCUT2D eigenvalue weighted by Crippen LogP contribution is -2.83. The van der Waals surface area contributed by atoms with Gasteiger partial charge in [-0.25, -0.2) is 4.79 Å². The quantitative estimate of drug-likeness (QED) is 0.271. The Balaban J connectivity index is 1.45. The molecule has 250 valence electrons. The Kier molecular flexibility index (Phi) is 7.45. The fraction of sp³-hybridized carbons (Fsp3) is 0.788. The van der Waals surface area contributed by atoms with Crippen molar-refractivity contribution in [3.63, 3.8) is 0 Å². The highest BCUT2D eigenvalue weighted by molar-refractivity contribution is 5.89. The summed E-state index contributed by atoms with van der Waals surface area (Å²) >= 11 is 0. The largest absolute Gasteiger partial charge is 0.497 e. The Labute approximate surface area is 264 Å². The van der Waals surface area contributed by atoms with Gasteiger partial charge in [0, 0.05) is 76.0 Å². The summed E-state index contributed by atoms with van der Waals surface area (Å²) in [5.41, 5.74) is 3.43. The minimum atomic E-state index is -1.74. The second-order valence-electron chi connectivity index (χ2n) is 14.3. The average Bonchev–Trinajstić information content (AvgIpc) is 3.42. The molecule has 1 spiro atoms.